The van der Waals surface area contributed by atoms with Crippen molar-refractivity contribution in [3.8, 4) is 0 Å². The minimum Gasteiger partial charge on any atom is -0.325 e. The third-order valence-corrected chi connectivity index (χ3v) is 3.93. The van der Waals surface area contributed by atoms with Gasteiger partial charge in [0.25, 0.3) is 0 Å². The van der Waals surface area contributed by atoms with E-state index in [2.05, 4.69) is 10.6 Å². The number of nitrogens with one attached hydrogen (secondary N) is 2. The first-order chi connectivity index (χ1) is 11.7. The summed E-state index contributed by atoms with van der Waals surface area (Å²) in [6, 6.07) is 10.3. The summed E-state index contributed by atoms with van der Waals surface area (Å²) in [4.78, 5) is 24.8. The van der Waals surface area contributed by atoms with Crippen LogP contribution in [0.5, 0.6) is 0 Å². The lowest BCUT2D eigenvalue weighted by molar-refractivity contribution is -0.135. The second-order valence-electron chi connectivity index (χ2n) is 6.21. The predicted octanol–water partition coefficient (Wildman–Crippen LogP) is 4.13. The van der Waals surface area contributed by atoms with Crippen molar-refractivity contribution in [1.29, 1.82) is 0 Å². The first-order valence-electron chi connectivity index (χ1n) is 7.91. The molecule has 6 heteroatoms. The molecule has 0 aromatic heterocycles. The number of hydrogen-bond acceptors (Lipinski definition) is 2. The lowest BCUT2D eigenvalue weighted by Gasteiger charge is -2.23. The van der Waals surface area contributed by atoms with E-state index < -0.39 is 28.9 Å². The van der Waals surface area contributed by atoms with Crippen LogP contribution in [0.3, 0.4) is 0 Å². The van der Waals surface area contributed by atoms with Gasteiger partial charge in [0.2, 0.25) is 11.8 Å². The highest BCUT2D eigenvalue weighted by Crippen LogP contribution is 2.22. The molecule has 2 aromatic carbocycles. The third-order valence-electron chi connectivity index (χ3n) is 3.93. The molecule has 2 amide bonds. The number of hydrogen-bond donors (Lipinski definition) is 2. The number of amides is 2. The lowest BCUT2D eigenvalue weighted by atomic mass is 9.90. The first-order valence-corrected chi connectivity index (χ1v) is 7.91. The number of anilines is 2. The van der Waals surface area contributed by atoms with E-state index >= 15 is 0 Å². The van der Waals surface area contributed by atoms with E-state index in [1.165, 1.54) is 19.9 Å². The molecule has 2 rings (SSSR count). The Balaban J connectivity index is 2.08. The molecule has 0 aliphatic rings. The van der Waals surface area contributed by atoms with E-state index in [4.69, 9.17) is 0 Å². The highest BCUT2D eigenvalue weighted by atomic mass is 19.2. The van der Waals surface area contributed by atoms with Gasteiger partial charge in [-0.2, -0.15) is 0 Å². The van der Waals surface area contributed by atoms with Crippen LogP contribution in [0, 0.1) is 17.0 Å². The van der Waals surface area contributed by atoms with Crippen LogP contribution in [0.25, 0.3) is 0 Å². The maximum Gasteiger partial charge on any atom is 0.239 e. The van der Waals surface area contributed by atoms with Crippen LogP contribution in [-0.4, -0.2) is 11.8 Å². The van der Waals surface area contributed by atoms with Crippen molar-refractivity contribution < 1.29 is 18.4 Å². The van der Waals surface area contributed by atoms with Crippen molar-refractivity contribution in [3.05, 3.63) is 59.7 Å². The molecule has 2 aromatic rings. The van der Waals surface area contributed by atoms with E-state index in [1.54, 1.807) is 12.1 Å². The van der Waals surface area contributed by atoms with Gasteiger partial charge in [-0.3, -0.25) is 9.59 Å². The van der Waals surface area contributed by atoms with Crippen molar-refractivity contribution in [1.82, 2.24) is 0 Å². The van der Waals surface area contributed by atoms with Gasteiger partial charge >= 0.3 is 0 Å². The SMILES string of the molecule is CCc1ccc(NC(=O)C(C)(C)C(=O)Nc2ccc(F)c(F)c2)cc1. The summed E-state index contributed by atoms with van der Waals surface area (Å²) in [7, 11) is 0. The molecule has 0 unspecified atom stereocenters. The van der Waals surface area contributed by atoms with Gasteiger partial charge in [0.1, 0.15) is 5.41 Å². The normalized spacial score (nSPS) is 11.1. The van der Waals surface area contributed by atoms with Crippen LogP contribution in [-0.2, 0) is 16.0 Å². The molecular weight excluding hydrogens is 326 g/mol. The zero-order chi connectivity index (χ0) is 18.6. The Kier molecular flexibility index (Phi) is 5.51. The number of carbonyl (C=O) groups is 2. The molecule has 0 aliphatic carbocycles. The molecule has 132 valence electrons. The molecular formula is C19H20F2N2O2. The summed E-state index contributed by atoms with van der Waals surface area (Å²) in [6.45, 7) is 4.94. The van der Waals surface area contributed by atoms with Gasteiger partial charge in [-0.1, -0.05) is 19.1 Å². The average molecular weight is 346 g/mol. The Bertz CT molecular complexity index is 787. The minimum atomic E-state index is -1.41. The highest BCUT2D eigenvalue weighted by Gasteiger charge is 2.36. The smallest absolute Gasteiger partial charge is 0.239 e. The summed E-state index contributed by atoms with van der Waals surface area (Å²) in [5, 5.41) is 5.12. The zero-order valence-electron chi connectivity index (χ0n) is 14.3. The van der Waals surface area contributed by atoms with Gasteiger partial charge in [0.05, 0.1) is 0 Å². The van der Waals surface area contributed by atoms with Gasteiger partial charge in [-0.25, -0.2) is 8.78 Å². The van der Waals surface area contributed by atoms with Gasteiger partial charge in [0, 0.05) is 17.4 Å². The molecule has 4 nitrogen and oxygen atoms in total. The largest absolute Gasteiger partial charge is 0.325 e. The summed E-state index contributed by atoms with van der Waals surface area (Å²) in [5.74, 6) is -3.21. The van der Waals surface area contributed by atoms with Gasteiger partial charge < -0.3 is 10.6 Å². The Morgan fingerprint density at radius 2 is 1.40 bits per heavy atom. The monoisotopic (exact) mass is 346 g/mol. The van der Waals surface area contributed by atoms with Gasteiger partial charge in [-0.15, -0.1) is 0 Å². The number of benzene rings is 2. The Morgan fingerprint density at radius 3 is 1.92 bits per heavy atom. The highest BCUT2D eigenvalue weighted by molar-refractivity contribution is 6.13. The number of carbonyl (C=O) groups excluding carboxylic acids is 2. The van der Waals surface area contributed by atoms with Crippen LogP contribution in [0.2, 0.25) is 0 Å². The van der Waals surface area contributed by atoms with E-state index in [9.17, 15) is 18.4 Å². The topological polar surface area (TPSA) is 58.2 Å². The summed E-state index contributed by atoms with van der Waals surface area (Å²) in [5.41, 5.74) is 0.384. The van der Waals surface area contributed by atoms with E-state index in [0.717, 1.165) is 24.1 Å². The fourth-order valence-electron chi connectivity index (χ4n) is 2.08. The molecule has 0 fully saturated rings. The van der Waals surface area contributed by atoms with Gasteiger partial charge in [-0.05, 0) is 50.1 Å². The molecule has 0 saturated heterocycles. The van der Waals surface area contributed by atoms with Crippen LogP contribution < -0.4 is 10.6 Å². The molecule has 0 spiro atoms. The Labute approximate surface area is 145 Å². The quantitative estimate of drug-likeness (QED) is 0.800. The Hall–Kier alpha value is -2.76. The number of halogens is 2. The van der Waals surface area contributed by atoms with Crippen LogP contribution in [0.4, 0.5) is 20.2 Å². The Morgan fingerprint density at radius 1 is 0.880 bits per heavy atom. The van der Waals surface area contributed by atoms with Crippen LogP contribution in [0.1, 0.15) is 26.3 Å². The maximum absolute atomic E-state index is 13.2. The second-order valence-corrected chi connectivity index (χ2v) is 6.21. The van der Waals surface area contributed by atoms with Crippen molar-refractivity contribution in [3.63, 3.8) is 0 Å². The van der Waals surface area contributed by atoms with Crippen molar-refractivity contribution in [2.45, 2.75) is 27.2 Å². The third kappa shape index (κ3) is 4.41. The molecule has 0 atom stereocenters. The minimum absolute atomic E-state index is 0.0806. The summed E-state index contributed by atoms with van der Waals surface area (Å²) in [6.07, 6.45) is 0.885. The molecule has 0 heterocycles. The first kappa shape index (κ1) is 18.6. The van der Waals surface area contributed by atoms with Crippen molar-refractivity contribution >= 4 is 23.2 Å². The van der Waals surface area contributed by atoms with E-state index in [-0.39, 0.29) is 5.69 Å². The fourth-order valence-corrected chi connectivity index (χ4v) is 2.08. The average Bonchev–Trinajstić information content (AvgIpc) is 2.58. The molecule has 25 heavy (non-hydrogen) atoms. The molecule has 0 saturated carbocycles. The summed E-state index contributed by atoms with van der Waals surface area (Å²) >= 11 is 0. The standard InChI is InChI=1S/C19H20F2N2O2/c1-4-12-5-7-13(8-6-12)22-17(24)19(2,3)18(25)23-14-9-10-15(20)16(21)11-14/h5-11H,4H2,1-3H3,(H,22,24)(H,23,25). The number of aryl methyl sites for hydroxylation is 1. The zero-order valence-corrected chi connectivity index (χ0v) is 14.3. The molecule has 2 N–H and O–H groups in total. The maximum atomic E-state index is 13.2. The number of rotatable bonds is 5. The lowest BCUT2D eigenvalue weighted by Crippen LogP contribution is -2.41. The molecule has 0 radical (unpaired) electrons. The fraction of sp³-hybridized carbons (Fsp3) is 0.263. The van der Waals surface area contributed by atoms with Gasteiger partial charge in [0.15, 0.2) is 11.6 Å². The molecule has 0 bridgehead atoms. The van der Waals surface area contributed by atoms with Crippen LogP contribution >= 0.6 is 0 Å². The summed E-state index contributed by atoms with van der Waals surface area (Å²) < 4.78 is 26.2. The van der Waals surface area contributed by atoms with E-state index in [0.29, 0.717) is 5.69 Å². The van der Waals surface area contributed by atoms with Crippen molar-refractivity contribution in [2.24, 2.45) is 5.41 Å². The molecule has 0 aliphatic heterocycles. The van der Waals surface area contributed by atoms with E-state index in [1.807, 2.05) is 19.1 Å². The van der Waals surface area contributed by atoms with Crippen LogP contribution in [0.15, 0.2) is 42.5 Å². The predicted molar refractivity (Wildman–Crippen MR) is 93.2 cm³/mol. The van der Waals surface area contributed by atoms with Crippen molar-refractivity contribution in [2.75, 3.05) is 10.6 Å². The second kappa shape index (κ2) is 7.42.